The molecule has 0 unspecified atom stereocenters. The van der Waals surface area contributed by atoms with E-state index in [1.54, 1.807) is 0 Å². The third kappa shape index (κ3) is 4.45. The van der Waals surface area contributed by atoms with E-state index in [-0.39, 0.29) is 30.6 Å². The second-order valence-corrected chi connectivity index (χ2v) is 6.06. The van der Waals surface area contributed by atoms with E-state index in [1.165, 1.54) is 33.8 Å². The van der Waals surface area contributed by atoms with E-state index in [0.717, 1.165) is 25.7 Å². The summed E-state index contributed by atoms with van der Waals surface area (Å²) in [6.45, 7) is 0.254. The Hall–Kier alpha value is -1.86. The maximum atomic E-state index is 11.9. The quantitative estimate of drug-likeness (QED) is 0.706. The topological polar surface area (TPSA) is 88.5 Å². The van der Waals surface area contributed by atoms with Crippen LogP contribution in [0.5, 0.6) is 17.2 Å². The number of nitrogens with zero attached hydrogens (tertiary/aromatic N) is 1. The minimum atomic E-state index is -1.08. The average Bonchev–Trinajstić information content (AvgIpc) is 2.64. The molecule has 1 aromatic rings. The Morgan fingerprint density at radius 2 is 1.73 bits per heavy atom. The number of benzene rings is 1. The third-order valence-corrected chi connectivity index (χ3v) is 4.68. The van der Waals surface area contributed by atoms with Gasteiger partial charge in [0, 0.05) is 18.7 Å². The van der Waals surface area contributed by atoms with Crippen LogP contribution in [0.25, 0.3) is 0 Å². The van der Waals surface area contributed by atoms with Crippen LogP contribution in [0, 0.1) is 0 Å². The molecule has 0 aliphatic heterocycles. The minimum absolute atomic E-state index is 0. The van der Waals surface area contributed by atoms with Crippen molar-refractivity contribution in [2.45, 2.75) is 38.1 Å². The molecule has 8 heteroatoms. The molecule has 1 fully saturated rings. The molecular formula is C18H28ClNO6. The summed E-state index contributed by atoms with van der Waals surface area (Å²) in [6, 6.07) is 1.61. The number of carboxylic acid groups (broad SMARTS) is 1. The molecule has 2 N–H and O–H groups in total. The predicted molar refractivity (Wildman–Crippen MR) is 102 cm³/mol. The molecule has 1 aromatic carbocycles. The summed E-state index contributed by atoms with van der Waals surface area (Å²) in [5, 5.41) is 19.3. The van der Waals surface area contributed by atoms with E-state index in [0.29, 0.717) is 29.5 Å². The lowest BCUT2D eigenvalue weighted by Gasteiger charge is -2.37. The zero-order valence-electron chi connectivity index (χ0n) is 15.5. The molecule has 0 atom stereocenters. The van der Waals surface area contributed by atoms with Crippen LogP contribution in [0.15, 0.2) is 6.07 Å². The van der Waals surface area contributed by atoms with Gasteiger partial charge in [-0.3, -0.25) is 0 Å². The molecule has 1 aliphatic carbocycles. The molecule has 0 radical (unpaired) electrons. The molecule has 0 bridgehead atoms. The first-order chi connectivity index (χ1) is 12.1. The van der Waals surface area contributed by atoms with Gasteiger partial charge in [-0.25, -0.2) is 4.79 Å². The normalized spacial score (nSPS) is 14.3. The van der Waals surface area contributed by atoms with Gasteiger partial charge < -0.3 is 29.3 Å². The minimum Gasteiger partial charge on any atom is -0.493 e. The van der Waals surface area contributed by atoms with Gasteiger partial charge in [0.15, 0.2) is 11.5 Å². The highest BCUT2D eigenvalue weighted by Crippen LogP contribution is 2.48. The fraction of sp³-hybridized carbons (Fsp3) is 0.611. The lowest BCUT2D eigenvalue weighted by molar-refractivity contribution is 0.0696. The molecule has 0 saturated heterocycles. The summed E-state index contributed by atoms with van der Waals surface area (Å²) >= 11 is 0. The smallest absolute Gasteiger partial charge is 0.338 e. The molecule has 148 valence electrons. The number of hydrogen-bond donors (Lipinski definition) is 2. The number of rotatable bonds is 8. The van der Waals surface area contributed by atoms with Gasteiger partial charge in [0.1, 0.15) is 0 Å². The van der Waals surface area contributed by atoms with Gasteiger partial charge in [-0.1, -0.05) is 19.3 Å². The number of carboxylic acids is 1. The first kappa shape index (κ1) is 22.2. The highest BCUT2D eigenvalue weighted by atomic mass is 35.5. The highest BCUT2D eigenvalue weighted by Gasteiger charge is 2.31. The van der Waals surface area contributed by atoms with E-state index < -0.39 is 5.97 Å². The van der Waals surface area contributed by atoms with Crippen molar-refractivity contribution in [2.75, 3.05) is 39.4 Å². The highest BCUT2D eigenvalue weighted by molar-refractivity contribution is 5.98. The molecule has 7 nitrogen and oxygen atoms in total. The molecule has 2 rings (SSSR count). The average molecular weight is 390 g/mol. The van der Waals surface area contributed by atoms with Crippen LogP contribution in [0.4, 0.5) is 5.69 Å². The lowest BCUT2D eigenvalue weighted by Crippen LogP contribution is -2.40. The van der Waals surface area contributed by atoms with E-state index in [2.05, 4.69) is 0 Å². The first-order valence-corrected chi connectivity index (χ1v) is 8.52. The Balaban J connectivity index is 0.00000338. The number of aliphatic hydroxyl groups excluding tert-OH is 1. The number of carbonyl (C=O) groups is 1. The fourth-order valence-electron chi connectivity index (χ4n) is 3.57. The largest absolute Gasteiger partial charge is 0.493 e. The van der Waals surface area contributed by atoms with Crippen LogP contribution in [0.3, 0.4) is 0 Å². The van der Waals surface area contributed by atoms with Crippen LogP contribution in [0.2, 0.25) is 0 Å². The van der Waals surface area contributed by atoms with Crippen LogP contribution in [-0.2, 0) is 0 Å². The number of anilines is 1. The second kappa shape index (κ2) is 10.3. The Morgan fingerprint density at radius 1 is 1.12 bits per heavy atom. The van der Waals surface area contributed by atoms with Gasteiger partial charge in [0.25, 0.3) is 0 Å². The van der Waals surface area contributed by atoms with Crippen molar-refractivity contribution in [3.63, 3.8) is 0 Å². The van der Waals surface area contributed by atoms with Gasteiger partial charge in [-0.15, -0.1) is 12.4 Å². The summed E-state index contributed by atoms with van der Waals surface area (Å²) in [7, 11) is 4.42. The van der Waals surface area contributed by atoms with Crippen molar-refractivity contribution in [1.82, 2.24) is 0 Å². The fourth-order valence-corrected chi connectivity index (χ4v) is 3.57. The van der Waals surface area contributed by atoms with Crippen LogP contribution in [-0.4, -0.2) is 56.7 Å². The maximum Gasteiger partial charge on any atom is 0.338 e. The molecule has 0 heterocycles. The molecule has 0 aromatic heterocycles. The Bertz CT molecular complexity index is 604. The summed E-state index contributed by atoms with van der Waals surface area (Å²) < 4.78 is 16.2. The number of hydrogen-bond acceptors (Lipinski definition) is 6. The molecular weight excluding hydrogens is 362 g/mol. The van der Waals surface area contributed by atoms with E-state index >= 15 is 0 Å². The first-order valence-electron chi connectivity index (χ1n) is 8.52. The number of ether oxygens (including phenoxy) is 3. The Morgan fingerprint density at radius 3 is 2.19 bits per heavy atom. The van der Waals surface area contributed by atoms with Crippen LogP contribution < -0.4 is 19.1 Å². The SMILES string of the molecule is COc1cc(C(=O)O)c(N(CCO)C2CCCCC2)c(OC)c1OC.Cl. The predicted octanol–water partition coefficient (Wildman–Crippen LogP) is 2.96. The Labute approximate surface area is 160 Å². The van der Waals surface area contributed by atoms with Crippen molar-refractivity contribution in [3.05, 3.63) is 11.6 Å². The monoisotopic (exact) mass is 389 g/mol. The van der Waals surface area contributed by atoms with E-state index in [1.807, 2.05) is 4.90 Å². The number of aliphatic hydroxyl groups is 1. The van der Waals surface area contributed by atoms with Crippen molar-refractivity contribution >= 4 is 24.1 Å². The standard InChI is InChI=1S/C18H27NO6.ClH/c1-23-14-11-13(18(21)22)15(17(25-3)16(14)24-2)19(9-10-20)12-7-5-4-6-8-12;/h11-12,20H,4-10H2,1-3H3,(H,21,22);1H. The summed E-state index contributed by atoms with van der Waals surface area (Å²) in [5.74, 6) is -0.108. The van der Waals surface area contributed by atoms with Gasteiger partial charge >= 0.3 is 5.97 Å². The molecule has 1 aliphatic rings. The van der Waals surface area contributed by atoms with E-state index in [4.69, 9.17) is 14.2 Å². The van der Waals surface area contributed by atoms with Crippen LogP contribution >= 0.6 is 12.4 Å². The van der Waals surface area contributed by atoms with Crippen molar-refractivity contribution in [2.24, 2.45) is 0 Å². The number of aromatic carboxylic acids is 1. The van der Waals surface area contributed by atoms with Crippen molar-refractivity contribution < 1.29 is 29.2 Å². The van der Waals surface area contributed by atoms with Crippen LogP contribution in [0.1, 0.15) is 42.5 Å². The third-order valence-electron chi connectivity index (χ3n) is 4.68. The molecule has 0 amide bonds. The molecule has 1 saturated carbocycles. The van der Waals surface area contributed by atoms with Gasteiger partial charge in [0.05, 0.1) is 39.2 Å². The van der Waals surface area contributed by atoms with Crippen molar-refractivity contribution in [1.29, 1.82) is 0 Å². The maximum absolute atomic E-state index is 11.9. The van der Waals surface area contributed by atoms with E-state index in [9.17, 15) is 15.0 Å². The van der Waals surface area contributed by atoms with Gasteiger partial charge in [0.2, 0.25) is 5.75 Å². The van der Waals surface area contributed by atoms with Crippen molar-refractivity contribution in [3.8, 4) is 17.2 Å². The number of methoxy groups -OCH3 is 3. The summed E-state index contributed by atoms with van der Waals surface area (Å²) in [4.78, 5) is 13.9. The molecule has 0 spiro atoms. The summed E-state index contributed by atoms with van der Waals surface area (Å²) in [6.07, 6.45) is 5.26. The lowest BCUT2D eigenvalue weighted by atomic mass is 9.93. The second-order valence-electron chi connectivity index (χ2n) is 6.06. The zero-order chi connectivity index (χ0) is 18.4. The van der Waals surface area contributed by atoms with Gasteiger partial charge in [-0.2, -0.15) is 0 Å². The zero-order valence-corrected chi connectivity index (χ0v) is 16.3. The molecule has 26 heavy (non-hydrogen) atoms. The number of halogens is 1. The Kier molecular flexibility index (Phi) is 8.81. The summed E-state index contributed by atoms with van der Waals surface area (Å²) in [5.41, 5.74) is 0.516. The van der Waals surface area contributed by atoms with Gasteiger partial charge in [-0.05, 0) is 12.8 Å².